The molecule has 2 N–H and O–H groups in total. The molecule has 0 saturated heterocycles. The molecule has 1 aromatic carbocycles. The Morgan fingerprint density at radius 2 is 1.41 bits per heavy atom. The largest absolute Gasteiger partial charge is 0.321 e. The van der Waals surface area contributed by atoms with Crippen molar-refractivity contribution in [3.8, 4) is 0 Å². The minimum absolute atomic E-state index is 0.246. The third-order valence-corrected chi connectivity index (χ3v) is 6.68. The predicted molar refractivity (Wildman–Crippen MR) is 122 cm³/mol. The van der Waals surface area contributed by atoms with Gasteiger partial charge in [0.15, 0.2) is 0 Å². The molecule has 0 amide bonds. The average Bonchev–Trinajstić information content (AvgIpc) is 3.05. The highest BCUT2D eigenvalue weighted by atomic mass is 16.6. The zero-order valence-corrected chi connectivity index (χ0v) is 18.6. The lowest BCUT2D eigenvalue weighted by molar-refractivity contribution is -0.385. The lowest BCUT2D eigenvalue weighted by Crippen LogP contribution is -2.34. The molecule has 4 nitrogen and oxygen atoms in total. The molecule has 1 unspecified atom stereocenters. The Hall–Kier alpha value is -1.42. The van der Waals surface area contributed by atoms with E-state index < -0.39 is 0 Å². The molecule has 1 atom stereocenters. The molecule has 4 heteroatoms. The van der Waals surface area contributed by atoms with Crippen LogP contribution in [0.5, 0.6) is 0 Å². The predicted octanol–water partition coefficient (Wildman–Crippen LogP) is 7.57. The van der Waals surface area contributed by atoms with Gasteiger partial charge < -0.3 is 5.73 Å². The molecule has 29 heavy (non-hydrogen) atoms. The Labute approximate surface area is 177 Å². The number of nitrogens with zero attached hydrogens (tertiary/aromatic N) is 1. The van der Waals surface area contributed by atoms with Gasteiger partial charge in [-0.15, -0.1) is 0 Å². The van der Waals surface area contributed by atoms with E-state index in [0.717, 1.165) is 36.8 Å². The summed E-state index contributed by atoms with van der Waals surface area (Å²) >= 11 is 0. The Kier molecular flexibility index (Phi) is 10.7. The molecule has 1 aliphatic carbocycles. The van der Waals surface area contributed by atoms with Crippen LogP contribution in [0, 0.1) is 10.1 Å². The van der Waals surface area contributed by atoms with Gasteiger partial charge in [0.2, 0.25) is 0 Å². The van der Waals surface area contributed by atoms with Crippen LogP contribution in [-0.4, -0.2) is 4.92 Å². The number of nitro groups is 1. The second-order valence-corrected chi connectivity index (χ2v) is 9.06. The van der Waals surface area contributed by atoms with Crippen LogP contribution in [0.4, 0.5) is 5.69 Å². The van der Waals surface area contributed by atoms with Crippen molar-refractivity contribution in [1.82, 2.24) is 0 Å². The molecule has 164 valence electrons. The fraction of sp³-hybridized carbons (Fsp3) is 0.760. The van der Waals surface area contributed by atoms with Crippen molar-refractivity contribution in [2.45, 2.75) is 122 Å². The van der Waals surface area contributed by atoms with Crippen molar-refractivity contribution in [3.63, 3.8) is 0 Å². The van der Waals surface area contributed by atoms with E-state index in [0.29, 0.717) is 0 Å². The number of unbranched alkanes of at least 4 members (excludes halogenated alkanes) is 13. The molecule has 1 aromatic rings. The third-order valence-electron chi connectivity index (χ3n) is 6.68. The Bertz CT molecular complexity index is 617. The topological polar surface area (TPSA) is 69.2 Å². The Morgan fingerprint density at radius 1 is 0.897 bits per heavy atom. The van der Waals surface area contributed by atoms with Crippen molar-refractivity contribution < 1.29 is 4.92 Å². The summed E-state index contributed by atoms with van der Waals surface area (Å²) in [7, 11) is 0. The lowest BCUT2D eigenvalue weighted by atomic mass is 9.87. The van der Waals surface area contributed by atoms with Gasteiger partial charge >= 0.3 is 0 Å². The standard InChI is InChI=1S/C25H42N2O2/c1-2-3-4-5-6-7-8-9-10-11-12-13-14-15-20-25(26)21-19-22-23(25)17-16-18-24(22)27(28)29/h16-18H,2-15,19-21,26H2,1H3. The molecule has 0 fully saturated rings. The molecule has 0 saturated carbocycles. The quantitative estimate of drug-likeness (QED) is 0.176. The van der Waals surface area contributed by atoms with Gasteiger partial charge in [-0.2, -0.15) is 0 Å². The van der Waals surface area contributed by atoms with E-state index >= 15 is 0 Å². The van der Waals surface area contributed by atoms with Crippen molar-refractivity contribution in [1.29, 1.82) is 0 Å². The monoisotopic (exact) mass is 402 g/mol. The van der Waals surface area contributed by atoms with Crippen LogP contribution in [0.25, 0.3) is 0 Å². The summed E-state index contributed by atoms with van der Waals surface area (Å²) in [5.74, 6) is 0. The second-order valence-electron chi connectivity index (χ2n) is 9.06. The molecular weight excluding hydrogens is 360 g/mol. The number of fused-ring (bicyclic) bond motifs is 1. The molecule has 0 heterocycles. The summed E-state index contributed by atoms with van der Waals surface area (Å²) in [4.78, 5) is 11.0. The lowest BCUT2D eigenvalue weighted by Gasteiger charge is -2.25. The van der Waals surface area contributed by atoms with E-state index in [1.165, 1.54) is 83.5 Å². The zero-order valence-electron chi connectivity index (χ0n) is 18.6. The maximum atomic E-state index is 11.2. The maximum absolute atomic E-state index is 11.2. The zero-order chi connectivity index (χ0) is 21.0. The van der Waals surface area contributed by atoms with Crippen LogP contribution in [0.3, 0.4) is 0 Å². The van der Waals surface area contributed by atoms with Crippen LogP contribution in [0.15, 0.2) is 18.2 Å². The van der Waals surface area contributed by atoms with Gasteiger partial charge in [0.25, 0.3) is 5.69 Å². The van der Waals surface area contributed by atoms with Crippen LogP contribution in [0.1, 0.15) is 121 Å². The molecular formula is C25H42N2O2. The molecule has 2 rings (SSSR count). The van der Waals surface area contributed by atoms with Gasteiger partial charge in [-0.05, 0) is 24.8 Å². The van der Waals surface area contributed by atoms with Gasteiger partial charge in [0, 0.05) is 17.2 Å². The van der Waals surface area contributed by atoms with Crippen molar-refractivity contribution in [2.24, 2.45) is 5.73 Å². The summed E-state index contributed by atoms with van der Waals surface area (Å²) in [5, 5.41) is 11.2. The number of hydrogen-bond donors (Lipinski definition) is 1. The number of nitro benzene ring substituents is 1. The molecule has 0 bridgehead atoms. The van der Waals surface area contributed by atoms with Crippen LogP contribution in [0.2, 0.25) is 0 Å². The summed E-state index contributed by atoms with van der Waals surface area (Å²) in [6.45, 7) is 2.27. The first-order chi connectivity index (χ1) is 14.1. The van der Waals surface area contributed by atoms with Gasteiger partial charge in [-0.3, -0.25) is 10.1 Å². The highest BCUT2D eigenvalue weighted by molar-refractivity contribution is 5.51. The molecule has 0 aliphatic heterocycles. The SMILES string of the molecule is CCCCCCCCCCCCCCCCC1(N)CCc2c([N+](=O)[O-])cccc21. The summed E-state index contributed by atoms with van der Waals surface area (Å²) in [6.07, 6.45) is 21.5. The first kappa shape index (κ1) is 23.9. The van der Waals surface area contributed by atoms with Gasteiger partial charge in [0.05, 0.1) is 4.92 Å². The Morgan fingerprint density at radius 3 is 1.93 bits per heavy atom. The smallest absolute Gasteiger partial charge is 0.272 e. The first-order valence-corrected chi connectivity index (χ1v) is 12.1. The van der Waals surface area contributed by atoms with E-state index in [4.69, 9.17) is 5.73 Å². The number of rotatable bonds is 16. The van der Waals surface area contributed by atoms with E-state index in [2.05, 4.69) is 6.92 Å². The normalized spacial score (nSPS) is 18.1. The number of hydrogen-bond acceptors (Lipinski definition) is 3. The molecule has 0 aromatic heterocycles. The molecule has 0 radical (unpaired) electrons. The van der Waals surface area contributed by atoms with Crippen molar-refractivity contribution in [2.75, 3.05) is 0 Å². The first-order valence-electron chi connectivity index (χ1n) is 12.1. The minimum Gasteiger partial charge on any atom is -0.321 e. The third kappa shape index (κ3) is 7.73. The van der Waals surface area contributed by atoms with Crippen molar-refractivity contribution in [3.05, 3.63) is 39.4 Å². The fourth-order valence-corrected chi connectivity index (χ4v) is 4.85. The summed E-state index contributed by atoms with van der Waals surface area (Å²) < 4.78 is 0. The molecule has 1 aliphatic rings. The highest BCUT2D eigenvalue weighted by Crippen LogP contribution is 2.42. The highest BCUT2D eigenvalue weighted by Gasteiger charge is 2.37. The summed E-state index contributed by atoms with van der Waals surface area (Å²) in [6, 6.07) is 5.39. The van der Waals surface area contributed by atoms with E-state index in [9.17, 15) is 10.1 Å². The summed E-state index contributed by atoms with van der Waals surface area (Å²) in [5.41, 5.74) is 8.43. The second kappa shape index (κ2) is 13.0. The van der Waals surface area contributed by atoms with Crippen LogP contribution in [-0.2, 0) is 12.0 Å². The van der Waals surface area contributed by atoms with E-state index in [1.807, 2.05) is 6.07 Å². The van der Waals surface area contributed by atoms with Crippen LogP contribution < -0.4 is 5.73 Å². The number of benzene rings is 1. The van der Waals surface area contributed by atoms with Crippen molar-refractivity contribution >= 4 is 5.69 Å². The van der Waals surface area contributed by atoms with Crippen LogP contribution >= 0.6 is 0 Å². The number of nitrogens with two attached hydrogens (primary N) is 1. The van der Waals surface area contributed by atoms with Gasteiger partial charge in [-0.25, -0.2) is 0 Å². The Balaban J connectivity index is 1.52. The van der Waals surface area contributed by atoms with E-state index in [1.54, 1.807) is 12.1 Å². The molecule has 0 spiro atoms. The van der Waals surface area contributed by atoms with Gasteiger partial charge in [-0.1, -0.05) is 109 Å². The minimum atomic E-state index is -0.363. The van der Waals surface area contributed by atoms with E-state index in [-0.39, 0.29) is 16.1 Å². The average molecular weight is 403 g/mol. The maximum Gasteiger partial charge on any atom is 0.272 e. The fourth-order valence-electron chi connectivity index (χ4n) is 4.85. The van der Waals surface area contributed by atoms with Gasteiger partial charge in [0.1, 0.15) is 0 Å².